The normalized spacial score (nSPS) is 18.1. The average Bonchev–Trinajstić information content (AvgIpc) is 2.77. The van der Waals surface area contributed by atoms with E-state index in [1.165, 1.54) is 0 Å². The molecule has 0 aromatic carbocycles. The summed E-state index contributed by atoms with van der Waals surface area (Å²) in [5, 5.41) is 15.6. The minimum atomic E-state index is 0. The molecule has 0 aromatic rings. The van der Waals surface area contributed by atoms with Gasteiger partial charge in [-0.3, -0.25) is 0 Å². The van der Waals surface area contributed by atoms with Gasteiger partial charge in [0, 0.05) is 38.7 Å². The predicted octanol–water partition coefficient (Wildman–Crippen LogP) is 2.43. The monoisotopic (exact) mass is 492 g/mol. The van der Waals surface area contributed by atoms with E-state index in [9.17, 15) is 4.79 Å². The van der Waals surface area contributed by atoms with Crippen LogP contribution in [0.1, 0.15) is 39.0 Å². The van der Waals surface area contributed by atoms with Crippen molar-refractivity contribution in [1.82, 2.24) is 0 Å². The number of aliphatic hydroxyl groups excluding tert-OH is 2. The van der Waals surface area contributed by atoms with Crippen LogP contribution in [-0.4, -0.2) is 37.6 Å². The Labute approximate surface area is 154 Å². The van der Waals surface area contributed by atoms with E-state index in [2.05, 4.69) is 6.92 Å². The number of carbonyl (C=O) groups is 1. The van der Waals surface area contributed by atoms with E-state index in [4.69, 9.17) is 18.1 Å². The molecule has 2 atom stereocenters. The maximum Gasteiger partial charge on any atom is 2.00 e. The Morgan fingerprint density at radius 1 is 1.30 bits per heavy atom. The number of ketones is 1. The maximum atomic E-state index is 10.1. The van der Waals surface area contributed by atoms with Crippen LogP contribution in [0, 0.1) is 27.7 Å². The van der Waals surface area contributed by atoms with Gasteiger partial charge in [-0.15, -0.1) is 6.42 Å². The molecule has 0 spiro atoms. The predicted molar refractivity (Wildman–Crippen MR) is 80.2 cm³/mol. The molecular formula is C14H30BO3VW-. The van der Waals surface area contributed by atoms with Crippen molar-refractivity contribution in [3.05, 3.63) is 21.8 Å². The van der Waals surface area contributed by atoms with Crippen molar-refractivity contribution >= 4 is 13.6 Å². The van der Waals surface area contributed by atoms with Crippen molar-refractivity contribution < 1.29 is 54.6 Å². The molecule has 1 aliphatic rings. The summed E-state index contributed by atoms with van der Waals surface area (Å²) in [7, 11) is 6.59. The van der Waals surface area contributed by atoms with Crippen LogP contribution < -0.4 is 0 Å². The van der Waals surface area contributed by atoms with Gasteiger partial charge in [-0.25, -0.2) is 0 Å². The quantitative estimate of drug-likeness (QED) is 0.471. The molecule has 1 aliphatic carbocycles. The summed E-state index contributed by atoms with van der Waals surface area (Å²) >= 11 is 0. The largest absolute Gasteiger partial charge is 2.00 e. The molecule has 2 N–H and O–H groups in total. The minimum Gasteiger partial charge on any atom is -0.400 e. The zero-order valence-corrected chi connectivity index (χ0v) is 17.7. The molecule has 1 saturated carbocycles. The Morgan fingerprint density at radius 3 is 1.85 bits per heavy atom. The maximum absolute atomic E-state index is 10.1. The second kappa shape index (κ2) is 28.1. The van der Waals surface area contributed by atoms with Crippen molar-refractivity contribution in [2.75, 3.05) is 13.7 Å². The minimum absolute atomic E-state index is 0. The molecule has 3 radical (unpaired) electrons. The van der Waals surface area contributed by atoms with Crippen molar-refractivity contribution in [1.29, 1.82) is 0 Å². The van der Waals surface area contributed by atoms with E-state index < -0.39 is 0 Å². The number of rotatable bonds is 3. The van der Waals surface area contributed by atoms with Crippen LogP contribution in [0.3, 0.4) is 0 Å². The van der Waals surface area contributed by atoms with Crippen LogP contribution in [0.4, 0.5) is 0 Å². The molecule has 0 amide bonds. The number of hydrogen-bond acceptors (Lipinski definition) is 3. The third-order valence-electron chi connectivity index (χ3n) is 2.51. The summed E-state index contributed by atoms with van der Waals surface area (Å²) in [4.78, 5) is 10.1. The fourth-order valence-corrected chi connectivity index (χ4v) is 1.46. The summed E-state index contributed by atoms with van der Waals surface area (Å²) in [6.45, 7) is 5.57. The van der Waals surface area contributed by atoms with Crippen LogP contribution in [0.15, 0.2) is 0 Å². The van der Waals surface area contributed by atoms with Crippen LogP contribution >= 0.6 is 0 Å². The Kier molecular flexibility index (Phi) is 52.5. The molecule has 20 heavy (non-hydrogen) atoms. The SMILES string of the molecule is CO.[B]C1CCC(CO)C1.[CH2-]CC(=O)CC.[CH3-].[CH3-].[V].[W+2]. The number of carbonyl (C=O) groups excluding carboxylic acids is 1. The van der Waals surface area contributed by atoms with Crippen molar-refractivity contribution in [2.45, 2.75) is 44.8 Å². The molecule has 3 nitrogen and oxygen atoms in total. The van der Waals surface area contributed by atoms with Crippen LogP contribution in [0.5, 0.6) is 0 Å². The summed E-state index contributed by atoms with van der Waals surface area (Å²) in [5.74, 6) is 1.10. The first-order valence-corrected chi connectivity index (χ1v) is 5.76. The van der Waals surface area contributed by atoms with E-state index in [0.717, 1.165) is 26.4 Å². The second-order valence-corrected chi connectivity index (χ2v) is 3.76. The molecule has 0 aliphatic heterocycles. The van der Waals surface area contributed by atoms with Crippen LogP contribution in [0.2, 0.25) is 5.82 Å². The van der Waals surface area contributed by atoms with Gasteiger partial charge in [-0.2, -0.15) is 0 Å². The van der Waals surface area contributed by atoms with Crippen molar-refractivity contribution in [3.63, 3.8) is 0 Å². The molecular weight excluding hydrogens is 462 g/mol. The summed E-state index contributed by atoms with van der Waals surface area (Å²) in [6.07, 6.45) is 4.32. The van der Waals surface area contributed by atoms with Gasteiger partial charge in [0.2, 0.25) is 0 Å². The molecule has 1 fully saturated rings. The van der Waals surface area contributed by atoms with E-state index in [0.29, 0.717) is 31.2 Å². The van der Waals surface area contributed by atoms with Gasteiger partial charge in [0.15, 0.2) is 0 Å². The molecule has 0 aromatic heterocycles. The fraction of sp³-hybridized carbons (Fsp3) is 0.714. The molecule has 1 rings (SSSR count). The van der Waals surface area contributed by atoms with Crippen LogP contribution in [0.25, 0.3) is 0 Å². The topological polar surface area (TPSA) is 57.5 Å². The fourth-order valence-electron chi connectivity index (χ4n) is 1.46. The zero-order chi connectivity index (χ0) is 13.0. The standard InChI is InChI=1S/C6H11BO.C5H9O.CH4O.2CH3.V.W/c7-6-2-1-5(3-6)4-8;1-3-5(6)4-2;1-2;;;;/h5-6,8H,1-4H2;1,3-4H2,2H3;2H,1H3;2*1H3;;/q;-1;;2*-1;;+2. The third kappa shape index (κ3) is 24.0. The van der Waals surface area contributed by atoms with E-state index >= 15 is 0 Å². The van der Waals surface area contributed by atoms with Gasteiger partial charge in [-0.1, -0.05) is 25.6 Å². The van der Waals surface area contributed by atoms with Gasteiger partial charge in [0.05, 0.1) is 7.85 Å². The number of aliphatic hydroxyl groups is 2. The van der Waals surface area contributed by atoms with Gasteiger partial charge >= 0.3 is 21.1 Å². The van der Waals surface area contributed by atoms with Crippen LogP contribution in [-0.2, 0) is 44.4 Å². The zero-order valence-electron chi connectivity index (χ0n) is 13.3. The van der Waals surface area contributed by atoms with Gasteiger partial charge in [-0.05, 0) is 12.3 Å². The summed E-state index contributed by atoms with van der Waals surface area (Å²) in [6, 6.07) is 0. The second-order valence-electron chi connectivity index (χ2n) is 3.76. The smallest absolute Gasteiger partial charge is 0.400 e. The molecule has 0 saturated heterocycles. The van der Waals surface area contributed by atoms with Gasteiger partial charge in [0.25, 0.3) is 0 Å². The summed E-state index contributed by atoms with van der Waals surface area (Å²) < 4.78 is 0. The first-order valence-electron chi connectivity index (χ1n) is 5.76. The first-order chi connectivity index (χ1) is 7.63. The molecule has 6 heteroatoms. The van der Waals surface area contributed by atoms with Gasteiger partial charge in [0.1, 0.15) is 5.78 Å². The van der Waals surface area contributed by atoms with E-state index in [-0.39, 0.29) is 60.3 Å². The number of hydrogen-bond donors (Lipinski definition) is 2. The summed E-state index contributed by atoms with van der Waals surface area (Å²) in [5.41, 5.74) is 0. The first kappa shape index (κ1) is 37.3. The Hall–Kier alpha value is 0.928. The van der Waals surface area contributed by atoms with E-state index in [1.54, 1.807) is 0 Å². The third-order valence-corrected chi connectivity index (χ3v) is 2.51. The Balaban J connectivity index is -0.0000000378. The average molecular weight is 492 g/mol. The van der Waals surface area contributed by atoms with Crippen molar-refractivity contribution in [2.24, 2.45) is 5.92 Å². The Morgan fingerprint density at radius 2 is 1.75 bits per heavy atom. The molecule has 2 unspecified atom stereocenters. The number of Topliss-reactive ketones (excluding diaryl/α,β-unsaturated/α-hetero) is 1. The van der Waals surface area contributed by atoms with Gasteiger partial charge < -0.3 is 36.8 Å². The molecule has 0 bridgehead atoms. The Bertz CT molecular complexity index is 168. The molecule has 119 valence electrons. The van der Waals surface area contributed by atoms with Crippen molar-refractivity contribution in [3.8, 4) is 0 Å². The van der Waals surface area contributed by atoms with E-state index in [1.807, 2.05) is 6.92 Å². The molecule has 0 heterocycles.